The van der Waals surface area contributed by atoms with Gasteiger partial charge in [-0.15, -0.1) is 5.10 Å². The van der Waals surface area contributed by atoms with E-state index in [1.165, 1.54) is 0 Å². The molecule has 8 heteroatoms. The average molecular weight is 367 g/mol. The minimum Gasteiger partial charge on any atom is -0.382 e. The van der Waals surface area contributed by atoms with Crippen LogP contribution >= 0.6 is 12.2 Å². The molecule has 0 saturated carbocycles. The first-order valence-corrected chi connectivity index (χ1v) is 9.67. The van der Waals surface area contributed by atoms with Crippen molar-refractivity contribution in [3.05, 3.63) is 11.9 Å². The minimum atomic E-state index is -0.982. The first kappa shape index (κ1) is 18.5. The van der Waals surface area contributed by atoms with Crippen LogP contribution < -0.4 is 5.32 Å². The maximum absolute atomic E-state index is 11.1. The van der Waals surface area contributed by atoms with Gasteiger partial charge in [0.05, 0.1) is 12.7 Å². The largest absolute Gasteiger partial charge is 0.382 e. The molecule has 2 aliphatic rings. The number of nitrogens with one attached hydrogen (secondary N) is 1. The fourth-order valence-corrected chi connectivity index (χ4v) is 3.90. The molecule has 0 amide bonds. The lowest BCUT2D eigenvalue weighted by Crippen LogP contribution is -2.54. The highest BCUT2D eigenvalue weighted by Gasteiger charge is 2.38. The molecular formula is C17H30N6OS. The monoisotopic (exact) mass is 366 g/mol. The summed E-state index contributed by atoms with van der Waals surface area (Å²) in [6.45, 7) is 7.65. The van der Waals surface area contributed by atoms with Gasteiger partial charge < -0.3 is 20.2 Å². The number of piperidine rings is 2. The molecule has 0 aliphatic carbocycles. The molecule has 7 nitrogen and oxygen atoms in total. The van der Waals surface area contributed by atoms with Gasteiger partial charge in [-0.25, -0.2) is 4.68 Å². The van der Waals surface area contributed by atoms with Crippen LogP contribution in [0.25, 0.3) is 0 Å². The van der Waals surface area contributed by atoms with Gasteiger partial charge in [-0.1, -0.05) is 5.21 Å². The summed E-state index contributed by atoms with van der Waals surface area (Å²) < 4.78 is 1.79. The van der Waals surface area contributed by atoms with Crippen molar-refractivity contribution in [1.29, 1.82) is 0 Å². The number of hydrogen-bond acceptors (Lipinski definition) is 5. The zero-order valence-electron chi connectivity index (χ0n) is 15.5. The number of aromatic nitrogens is 3. The minimum absolute atomic E-state index is 0.233. The van der Waals surface area contributed by atoms with E-state index in [1.807, 2.05) is 6.20 Å². The van der Waals surface area contributed by atoms with Crippen LogP contribution in [-0.4, -0.2) is 74.3 Å². The van der Waals surface area contributed by atoms with Crippen molar-refractivity contribution in [2.24, 2.45) is 0 Å². The van der Waals surface area contributed by atoms with Crippen LogP contribution in [0.15, 0.2) is 6.20 Å². The maximum atomic E-state index is 11.1. The summed E-state index contributed by atoms with van der Waals surface area (Å²) in [5, 5.41) is 23.8. The molecule has 0 aromatic carbocycles. The van der Waals surface area contributed by atoms with Crippen LogP contribution in [0.4, 0.5) is 0 Å². The Morgan fingerprint density at radius 1 is 1.36 bits per heavy atom. The van der Waals surface area contributed by atoms with Gasteiger partial charge >= 0.3 is 0 Å². The second-order valence-electron chi connectivity index (χ2n) is 7.76. The van der Waals surface area contributed by atoms with Crippen molar-refractivity contribution >= 4 is 17.3 Å². The predicted octanol–water partition coefficient (Wildman–Crippen LogP) is 1.11. The molecule has 0 bridgehead atoms. The fraction of sp³-hybridized carbons (Fsp3) is 0.824. The molecule has 140 valence electrons. The zero-order chi connectivity index (χ0) is 18.0. The van der Waals surface area contributed by atoms with Crippen molar-refractivity contribution in [2.45, 2.75) is 57.2 Å². The zero-order valence-corrected chi connectivity index (χ0v) is 16.3. The highest BCUT2D eigenvalue weighted by atomic mass is 32.1. The average Bonchev–Trinajstić information content (AvgIpc) is 3.08. The highest BCUT2D eigenvalue weighted by molar-refractivity contribution is 7.80. The number of nitrogens with zero attached hydrogens (tertiary/aromatic N) is 5. The Balaban J connectivity index is 1.62. The van der Waals surface area contributed by atoms with E-state index in [1.54, 1.807) is 4.68 Å². The molecule has 25 heavy (non-hydrogen) atoms. The van der Waals surface area contributed by atoms with Crippen LogP contribution in [-0.2, 0) is 5.60 Å². The third-order valence-corrected chi connectivity index (χ3v) is 5.70. The lowest BCUT2D eigenvalue weighted by atomic mass is 9.90. The predicted molar refractivity (Wildman–Crippen MR) is 101 cm³/mol. The standard InChI is InChI=1S/C17H30N6OS/c1-13(2)23-11-15(19-20-23)17(24)7-4-8-22(12-17)16(25)18-14-5-9-21(3)10-6-14/h11,13-14,24H,4-10,12H2,1-3H3,(H,18,25). The molecule has 1 aromatic rings. The van der Waals surface area contributed by atoms with Gasteiger partial charge in [0.2, 0.25) is 0 Å². The normalized spacial score (nSPS) is 26.2. The van der Waals surface area contributed by atoms with Gasteiger partial charge in [0.1, 0.15) is 11.3 Å². The molecular weight excluding hydrogens is 336 g/mol. The van der Waals surface area contributed by atoms with Crippen molar-refractivity contribution in [1.82, 2.24) is 30.1 Å². The van der Waals surface area contributed by atoms with Gasteiger partial charge in [-0.2, -0.15) is 0 Å². The number of aliphatic hydroxyl groups is 1. The van der Waals surface area contributed by atoms with E-state index in [9.17, 15) is 5.11 Å². The van der Waals surface area contributed by atoms with E-state index >= 15 is 0 Å². The molecule has 2 N–H and O–H groups in total. The van der Waals surface area contributed by atoms with Crippen molar-refractivity contribution < 1.29 is 5.11 Å². The molecule has 0 radical (unpaired) electrons. The van der Waals surface area contributed by atoms with E-state index < -0.39 is 5.60 Å². The third-order valence-electron chi connectivity index (χ3n) is 5.32. The third kappa shape index (κ3) is 4.30. The highest BCUT2D eigenvalue weighted by Crippen LogP contribution is 2.30. The Bertz CT molecular complexity index is 598. The Kier molecular flexibility index (Phi) is 5.60. The summed E-state index contributed by atoms with van der Waals surface area (Å²) in [6, 6.07) is 0.664. The number of hydrogen-bond donors (Lipinski definition) is 2. The van der Waals surface area contributed by atoms with Gasteiger partial charge in [0, 0.05) is 18.6 Å². The summed E-state index contributed by atoms with van der Waals surface area (Å²) in [5.41, 5.74) is -0.336. The van der Waals surface area contributed by atoms with Gasteiger partial charge in [0.15, 0.2) is 5.11 Å². The molecule has 2 fully saturated rings. The molecule has 3 heterocycles. The van der Waals surface area contributed by atoms with E-state index in [0.717, 1.165) is 44.0 Å². The van der Waals surface area contributed by atoms with Gasteiger partial charge in [-0.05, 0) is 71.9 Å². The number of likely N-dealkylation sites (tertiary alicyclic amines) is 2. The van der Waals surface area contributed by atoms with Gasteiger partial charge in [0.25, 0.3) is 0 Å². The van der Waals surface area contributed by atoms with E-state index in [0.29, 0.717) is 24.7 Å². The van der Waals surface area contributed by atoms with Crippen molar-refractivity contribution in [3.8, 4) is 0 Å². The van der Waals surface area contributed by atoms with E-state index in [-0.39, 0.29) is 6.04 Å². The molecule has 1 atom stereocenters. The molecule has 3 rings (SSSR count). The number of thiocarbonyl (C=S) groups is 1. The fourth-order valence-electron chi connectivity index (χ4n) is 3.58. The first-order valence-electron chi connectivity index (χ1n) is 9.26. The number of β-amino-alcohol motifs (C(OH)–C–C–N with tert-alkyl or cyclic N) is 1. The summed E-state index contributed by atoms with van der Waals surface area (Å²) >= 11 is 5.63. The summed E-state index contributed by atoms with van der Waals surface area (Å²) in [6.07, 6.45) is 5.66. The van der Waals surface area contributed by atoms with Crippen LogP contribution in [0.2, 0.25) is 0 Å². The lowest BCUT2D eigenvalue weighted by Gasteiger charge is -2.40. The van der Waals surface area contributed by atoms with Crippen LogP contribution in [0.3, 0.4) is 0 Å². The Labute approximate surface area is 155 Å². The first-order chi connectivity index (χ1) is 11.9. The Morgan fingerprint density at radius 3 is 2.72 bits per heavy atom. The summed E-state index contributed by atoms with van der Waals surface area (Å²) in [7, 11) is 2.16. The topological polar surface area (TPSA) is 69.5 Å². The second kappa shape index (κ2) is 7.55. The van der Waals surface area contributed by atoms with Gasteiger partial charge in [-0.3, -0.25) is 0 Å². The smallest absolute Gasteiger partial charge is 0.169 e. The quantitative estimate of drug-likeness (QED) is 0.777. The van der Waals surface area contributed by atoms with E-state index in [4.69, 9.17) is 12.2 Å². The molecule has 1 unspecified atom stereocenters. The van der Waals surface area contributed by atoms with E-state index in [2.05, 4.69) is 46.3 Å². The molecule has 2 saturated heterocycles. The maximum Gasteiger partial charge on any atom is 0.169 e. The molecule has 1 aromatic heterocycles. The SMILES string of the molecule is CC(C)n1cc(C2(O)CCCN(C(=S)NC3CCN(C)CC3)C2)nn1. The Morgan fingerprint density at radius 2 is 2.08 bits per heavy atom. The van der Waals surface area contributed by atoms with Crippen molar-refractivity contribution in [3.63, 3.8) is 0 Å². The summed E-state index contributed by atoms with van der Waals surface area (Å²) in [5.74, 6) is 0. The van der Waals surface area contributed by atoms with Crippen LogP contribution in [0.1, 0.15) is 51.3 Å². The Hall–Kier alpha value is -1.25. The summed E-state index contributed by atoms with van der Waals surface area (Å²) in [4.78, 5) is 4.43. The molecule has 0 spiro atoms. The van der Waals surface area contributed by atoms with Crippen molar-refractivity contribution in [2.75, 3.05) is 33.2 Å². The van der Waals surface area contributed by atoms with Crippen LogP contribution in [0, 0.1) is 0 Å². The lowest BCUT2D eigenvalue weighted by molar-refractivity contribution is -0.0201. The molecule has 2 aliphatic heterocycles. The number of rotatable bonds is 3. The van der Waals surface area contributed by atoms with Crippen LogP contribution in [0.5, 0.6) is 0 Å². The second-order valence-corrected chi connectivity index (χ2v) is 8.15.